The highest BCUT2D eigenvalue weighted by molar-refractivity contribution is 7.17. The maximum atomic E-state index is 13.4. The second-order valence-electron chi connectivity index (χ2n) is 5.80. The fraction of sp³-hybridized carbons (Fsp3) is 0.0526. The van der Waals surface area contributed by atoms with Gasteiger partial charge in [-0.1, -0.05) is 0 Å². The summed E-state index contributed by atoms with van der Waals surface area (Å²) in [4.78, 5) is 26.6. The Morgan fingerprint density at radius 2 is 1.90 bits per heavy atom. The summed E-state index contributed by atoms with van der Waals surface area (Å²) in [6.45, 7) is 0. The van der Waals surface area contributed by atoms with Gasteiger partial charge in [-0.15, -0.1) is 22.7 Å². The number of hydrogen-bond acceptors (Lipinski definition) is 7. The number of anilines is 2. The molecule has 6 nitrogen and oxygen atoms in total. The van der Waals surface area contributed by atoms with E-state index in [0.717, 1.165) is 17.0 Å². The molecule has 0 saturated heterocycles. The van der Waals surface area contributed by atoms with Crippen LogP contribution in [-0.4, -0.2) is 27.9 Å². The van der Waals surface area contributed by atoms with Crippen molar-refractivity contribution in [2.75, 3.05) is 17.7 Å². The maximum absolute atomic E-state index is 13.4. The van der Waals surface area contributed by atoms with Crippen molar-refractivity contribution >= 4 is 39.7 Å². The summed E-state index contributed by atoms with van der Waals surface area (Å²) in [6.07, 6.45) is 1.64. The lowest BCUT2D eigenvalue weighted by molar-refractivity contribution is 0.103. The monoisotopic (exact) mass is 429 g/mol. The van der Waals surface area contributed by atoms with Crippen LogP contribution in [0.3, 0.4) is 0 Å². The van der Waals surface area contributed by atoms with Crippen LogP contribution in [0.2, 0.25) is 0 Å². The molecule has 0 saturated carbocycles. The maximum Gasteiger partial charge on any atom is 0.267 e. The molecule has 0 atom stereocenters. The summed E-state index contributed by atoms with van der Waals surface area (Å²) in [7, 11) is 1.73. The molecule has 0 radical (unpaired) electrons. The van der Waals surface area contributed by atoms with Gasteiger partial charge in [0.2, 0.25) is 5.95 Å². The van der Waals surface area contributed by atoms with E-state index in [1.54, 1.807) is 30.8 Å². The largest absolute Gasteiger partial charge is 0.357 e. The first-order valence-electron chi connectivity index (χ1n) is 8.37. The molecule has 1 aromatic carbocycles. The highest BCUT2D eigenvalue weighted by Gasteiger charge is 2.14. The molecule has 146 valence electrons. The second-order valence-corrected chi connectivity index (χ2v) is 7.74. The van der Waals surface area contributed by atoms with E-state index in [-0.39, 0.29) is 5.91 Å². The molecule has 0 spiro atoms. The molecule has 1 amide bonds. The Kier molecular flexibility index (Phi) is 5.28. The molecule has 0 aliphatic carbocycles. The van der Waals surface area contributed by atoms with Crippen LogP contribution < -0.4 is 10.6 Å². The summed E-state index contributed by atoms with van der Waals surface area (Å²) in [5, 5.41) is 7.64. The van der Waals surface area contributed by atoms with Crippen LogP contribution in [0.1, 0.15) is 9.67 Å². The molecule has 0 aliphatic heterocycles. The first kappa shape index (κ1) is 19.1. The average Bonchev–Trinajstić information content (AvgIpc) is 3.40. The molecule has 3 heterocycles. The first-order chi connectivity index (χ1) is 14.0. The van der Waals surface area contributed by atoms with Gasteiger partial charge in [0.15, 0.2) is 16.8 Å². The fourth-order valence-electron chi connectivity index (χ4n) is 2.49. The van der Waals surface area contributed by atoms with Crippen molar-refractivity contribution in [3.63, 3.8) is 0 Å². The molecule has 0 bridgehead atoms. The highest BCUT2D eigenvalue weighted by Crippen LogP contribution is 2.29. The normalized spacial score (nSPS) is 10.7. The number of benzene rings is 1. The molecule has 0 fully saturated rings. The zero-order chi connectivity index (χ0) is 20.4. The molecule has 0 aliphatic rings. The van der Waals surface area contributed by atoms with Crippen molar-refractivity contribution in [2.45, 2.75) is 0 Å². The van der Waals surface area contributed by atoms with E-state index >= 15 is 0 Å². The summed E-state index contributed by atoms with van der Waals surface area (Å²) < 4.78 is 26.5. The summed E-state index contributed by atoms with van der Waals surface area (Å²) in [5.74, 6) is -1.68. The van der Waals surface area contributed by atoms with Crippen LogP contribution in [0.4, 0.5) is 19.9 Å². The van der Waals surface area contributed by atoms with Gasteiger partial charge in [0.1, 0.15) is 0 Å². The summed E-state index contributed by atoms with van der Waals surface area (Å²) in [5.41, 5.74) is 1.60. The number of rotatable bonds is 5. The van der Waals surface area contributed by atoms with Crippen LogP contribution in [0.25, 0.3) is 21.8 Å². The lowest BCUT2D eigenvalue weighted by Gasteiger charge is -2.01. The minimum Gasteiger partial charge on any atom is -0.357 e. The number of carbonyl (C=O) groups excluding carboxylic acids is 1. The average molecular weight is 429 g/mol. The van der Waals surface area contributed by atoms with Crippen molar-refractivity contribution in [1.82, 2.24) is 15.0 Å². The Morgan fingerprint density at radius 3 is 2.69 bits per heavy atom. The molecule has 0 unspecified atom stereocenters. The van der Waals surface area contributed by atoms with Gasteiger partial charge in [0.05, 0.1) is 21.1 Å². The topological polar surface area (TPSA) is 79.8 Å². The van der Waals surface area contributed by atoms with E-state index in [9.17, 15) is 13.6 Å². The number of thiazole rings is 1. The van der Waals surface area contributed by atoms with Crippen LogP contribution >= 0.6 is 22.7 Å². The third-order valence-corrected chi connectivity index (χ3v) is 5.77. The summed E-state index contributed by atoms with van der Waals surface area (Å²) >= 11 is 2.50. The predicted molar refractivity (Wildman–Crippen MR) is 110 cm³/mol. The van der Waals surface area contributed by atoms with E-state index in [2.05, 4.69) is 25.6 Å². The number of thiophene rings is 1. The molecule has 4 aromatic rings. The minimum absolute atomic E-state index is 0.310. The SMILES string of the molecule is CNc1nccc(-c2ccc(C(=O)Nc3nc(-c4ccc(F)c(F)c4)cs3)s2)n1. The Balaban J connectivity index is 1.49. The molecule has 4 rings (SSSR count). The summed E-state index contributed by atoms with van der Waals surface area (Å²) in [6, 6.07) is 8.84. The van der Waals surface area contributed by atoms with Crippen LogP contribution in [0.15, 0.2) is 48.0 Å². The quantitative estimate of drug-likeness (QED) is 0.472. The smallest absolute Gasteiger partial charge is 0.267 e. The van der Waals surface area contributed by atoms with Crippen LogP contribution in [-0.2, 0) is 0 Å². The number of amides is 1. The molecule has 2 N–H and O–H groups in total. The van der Waals surface area contributed by atoms with Crippen molar-refractivity contribution in [1.29, 1.82) is 0 Å². The number of halogens is 2. The van der Waals surface area contributed by atoms with E-state index in [0.29, 0.717) is 32.9 Å². The molecule has 29 heavy (non-hydrogen) atoms. The zero-order valence-corrected chi connectivity index (χ0v) is 16.6. The Labute approximate surface area is 172 Å². The van der Waals surface area contributed by atoms with Gasteiger partial charge in [0.25, 0.3) is 5.91 Å². The second kappa shape index (κ2) is 8.02. The Morgan fingerprint density at radius 1 is 1.03 bits per heavy atom. The molecular formula is C19H13F2N5OS2. The van der Waals surface area contributed by atoms with Crippen molar-refractivity contribution in [2.24, 2.45) is 0 Å². The number of aromatic nitrogens is 3. The van der Waals surface area contributed by atoms with Crippen molar-refractivity contribution < 1.29 is 13.6 Å². The number of nitrogens with one attached hydrogen (secondary N) is 2. The van der Waals surface area contributed by atoms with E-state index in [4.69, 9.17) is 0 Å². The van der Waals surface area contributed by atoms with Gasteiger partial charge in [-0.2, -0.15) is 0 Å². The highest BCUT2D eigenvalue weighted by atomic mass is 32.1. The standard InChI is InChI=1S/C19H13F2N5OS2/c1-22-18-23-7-6-13(24-18)15-4-5-16(29-15)17(27)26-19-25-14(9-28-19)10-2-3-11(20)12(21)8-10/h2-9H,1H3,(H,22,23,24)(H,25,26,27). The molecule has 10 heteroatoms. The van der Waals surface area contributed by atoms with Crippen LogP contribution in [0.5, 0.6) is 0 Å². The number of carbonyl (C=O) groups is 1. The van der Waals surface area contributed by atoms with Crippen molar-refractivity contribution in [3.05, 3.63) is 64.5 Å². The van der Waals surface area contributed by atoms with Gasteiger partial charge in [-0.05, 0) is 36.4 Å². The van der Waals surface area contributed by atoms with Gasteiger partial charge < -0.3 is 5.32 Å². The van der Waals surface area contributed by atoms with Crippen LogP contribution in [0, 0.1) is 11.6 Å². The van der Waals surface area contributed by atoms with Gasteiger partial charge >= 0.3 is 0 Å². The van der Waals surface area contributed by atoms with Gasteiger partial charge in [0, 0.05) is 24.2 Å². The van der Waals surface area contributed by atoms with Gasteiger partial charge in [-0.25, -0.2) is 23.7 Å². The lowest BCUT2D eigenvalue weighted by atomic mass is 10.2. The van der Waals surface area contributed by atoms with Crippen molar-refractivity contribution in [3.8, 4) is 21.8 Å². The van der Waals surface area contributed by atoms with Gasteiger partial charge in [-0.3, -0.25) is 10.1 Å². The first-order valence-corrected chi connectivity index (χ1v) is 10.1. The lowest BCUT2D eigenvalue weighted by Crippen LogP contribution is -2.09. The Hall–Kier alpha value is -3.24. The fourth-order valence-corrected chi connectivity index (χ4v) is 4.08. The third-order valence-electron chi connectivity index (χ3n) is 3.90. The zero-order valence-electron chi connectivity index (χ0n) is 14.9. The number of hydrogen-bond donors (Lipinski definition) is 2. The number of nitrogens with zero attached hydrogens (tertiary/aromatic N) is 3. The third kappa shape index (κ3) is 4.13. The van der Waals surface area contributed by atoms with E-state index in [1.165, 1.54) is 28.7 Å². The molecular weight excluding hydrogens is 416 g/mol. The Bertz CT molecular complexity index is 1190. The minimum atomic E-state index is -0.946. The predicted octanol–water partition coefficient (Wildman–Crippen LogP) is 4.90. The van der Waals surface area contributed by atoms with E-state index < -0.39 is 11.6 Å². The molecule has 3 aromatic heterocycles. The van der Waals surface area contributed by atoms with E-state index in [1.807, 2.05) is 6.07 Å².